The van der Waals surface area contributed by atoms with Gasteiger partial charge in [0.25, 0.3) is 0 Å². The number of esters is 1. The van der Waals surface area contributed by atoms with Crippen molar-refractivity contribution in [3.05, 3.63) is 36.7 Å². The molecule has 2 aromatic heterocycles. The lowest BCUT2D eigenvalue weighted by atomic mass is 10.1. The minimum Gasteiger partial charge on any atom is -0.462 e. The Bertz CT molecular complexity index is 1420. The molecule has 3 aromatic rings. The van der Waals surface area contributed by atoms with Gasteiger partial charge >= 0.3 is 13.7 Å². The second kappa shape index (κ2) is 11.9. The number of nitrogens with zero attached hydrogens (tertiary/aromatic N) is 5. The average Bonchev–Trinajstić information content (AvgIpc) is 3.59. The third kappa shape index (κ3) is 6.81. The summed E-state index contributed by atoms with van der Waals surface area (Å²) in [7, 11) is -2.01. The van der Waals surface area contributed by atoms with Gasteiger partial charge in [0.2, 0.25) is 5.95 Å². The van der Waals surface area contributed by atoms with E-state index in [-0.39, 0.29) is 24.6 Å². The summed E-state index contributed by atoms with van der Waals surface area (Å²) < 4.78 is 38.9. The van der Waals surface area contributed by atoms with Gasteiger partial charge in [0.15, 0.2) is 17.0 Å². The van der Waals surface area contributed by atoms with Gasteiger partial charge in [0, 0.05) is 19.0 Å². The first-order valence-corrected chi connectivity index (χ1v) is 15.4. The Balaban J connectivity index is 1.30. The highest BCUT2D eigenvalue weighted by atomic mass is 31.2. The van der Waals surface area contributed by atoms with Crippen LogP contribution in [0, 0.1) is 5.92 Å². The van der Waals surface area contributed by atoms with Gasteiger partial charge in [0.1, 0.15) is 18.0 Å². The number of hydrogen-bond acceptors (Lipinski definition) is 11. The van der Waals surface area contributed by atoms with E-state index in [2.05, 4.69) is 31.9 Å². The normalized spacial score (nSPS) is 22.9. The Morgan fingerprint density at radius 1 is 1.24 bits per heavy atom. The summed E-state index contributed by atoms with van der Waals surface area (Å²) in [5.41, 5.74) is 7.34. The number of nitrogen functional groups attached to an aromatic ring is 1. The molecule has 2 aliphatic rings. The molecule has 5 atom stereocenters. The van der Waals surface area contributed by atoms with Gasteiger partial charge in [-0.25, -0.2) is 9.55 Å². The molecule has 1 saturated carbocycles. The van der Waals surface area contributed by atoms with E-state index in [0.29, 0.717) is 35.2 Å². The molecule has 0 bridgehead atoms. The molecule has 0 unspecified atom stereocenters. The van der Waals surface area contributed by atoms with E-state index in [1.54, 1.807) is 51.4 Å². The third-order valence-electron chi connectivity index (χ3n) is 7.03. The van der Waals surface area contributed by atoms with Gasteiger partial charge in [0.05, 0.1) is 25.1 Å². The number of benzene rings is 1. The number of hydrogen-bond donors (Lipinski definition) is 2. The fraction of sp³-hybridized carbons (Fsp3) is 0.556. The molecule has 0 amide bonds. The lowest BCUT2D eigenvalue weighted by Gasteiger charge is -2.24. The molecule has 3 N–H and O–H groups in total. The molecule has 1 aromatic carbocycles. The summed E-state index contributed by atoms with van der Waals surface area (Å²) in [6.07, 6.45) is 3.40. The summed E-state index contributed by atoms with van der Waals surface area (Å²) in [5.74, 6) is 0.702. The van der Waals surface area contributed by atoms with Gasteiger partial charge in [-0.2, -0.15) is 15.1 Å². The number of nitrogens with one attached hydrogen (secondary N) is 1. The van der Waals surface area contributed by atoms with Crippen LogP contribution in [-0.2, 0) is 23.4 Å². The molecular weight excluding hydrogens is 549 g/mol. The number of anilines is 2. The number of aromatic nitrogens is 4. The number of carbonyl (C=O) groups excluding carboxylic acids is 1. The molecule has 0 spiro atoms. The van der Waals surface area contributed by atoms with Crippen LogP contribution in [0.25, 0.3) is 11.2 Å². The van der Waals surface area contributed by atoms with Crippen molar-refractivity contribution in [3.8, 4) is 5.75 Å². The zero-order chi connectivity index (χ0) is 29.3. The van der Waals surface area contributed by atoms with E-state index < -0.39 is 32.1 Å². The van der Waals surface area contributed by atoms with Crippen LogP contribution < -0.4 is 20.2 Å². The Kier molecular flexibility index (Phi) is 8.51. The van der Waals surface area contributed by atoms with Gasteiger partial charge in [-0.1, -0.05) is 25.1 Å². The molecule has 1 aliphatic heterocycles. The van der Waals surface area contributed by atoms with Crippen molar-refractivity contribution in [2.24, 2.45) is 5.92 Å². The van der Waals surface area contributed by atoms with E-state index in [4.69, 9.17) is 24.3 Å². The zero-order valence-corrected chi connectivity index (χ0v) is 24.9. The van der Waals surface area contributed by atoms with Crippen molar-refractivity contribution >= 4 is 36.6 Å². The number of carbonyl (C=O) groups is 1. The van der Waals surface area contributed by atoms with Gasteiger partial charge in [-0.15, -0.1) is 0 Å². The largest absolute Gasteiger partial charge is 0.462 e. The molecule has 13 nitrogen and oxygen atoms in total. The predicted molar refractivity (Wildman–Crippen MR) is 153 cm³/mol. The summed E-state index contributed by atoms with van der Waals surface area (Å²) in [4.78, 5) is 28.1. The minimum atomic E-state index is -4.01. The Morgan fingerprint density at radius 2 is 1.98 bits per heavy atom. The van der Waals surface area contributed by atoms with Gasteiger partial charge in [-0.3, -0.25) is 13.9 Å². The Labute approximate surface area is 239 Å². The topological polar surface area (TPSA) is 156 Å². The Morgan fingerprint density at radius 3 is 2.66 bits per heavy atom. The number of fused-ring (bicyclic) bond motifs is 1. The summed E-state index contributed by atoms with van der Waals surface area (Å²) in [5, 5.41) is 2.71. The quantitative estimate of drug-likeness (QED) is 0.232. The van der Waals surface area contributed by atoms with Crippen LogP contribution in [0.2, 0.25) is 0 Å². The maximum absolute atomic E-state index is 13.8. The van der Waals surface area contributed by atoms with Crippen molar-refractivity contribution in [2.75, 3.05) is 24.3 Å². The molecule has 3 heterocycles. The van der Waals surface area contributed by atoms with Gasteiger partial charge in [-0.05, 0) is 52.2 Å². The second-order valence-electron chi connectivity index (χ2n) is 11.0. The van der Waals surface area contributed by atoms with Crippen molar-refractivity contribution in [3.63, 3.8) is 0 Å². The molecule has 1 aliphatic carbocycles. The van der Waals surface area contributed by atoms with Crippen LogP contribution in [0.3, 0.4) is 0 Å². The van der Waals surface area contributed by atoms with Crippen LogP contribution in [0.15, 0.2) is 36.7 Å². The molecule has 41 heavy (non-hydrogen) atoms. The molecule has 222 valence electrons. The average molecular weight is 588 g/mol. The van der Waals surface area contributed by atoms with Crippen LogP contribution >= 0.6 is 7.75 Å². The lowest BCUT2D eigenvalue weighted by molar-refractivity contribution is -0.149. The lowest BCUT2D eigenvalue weighted by Crippen LogP contribution is -2.36. The van der Waals surface area contributed by atoms with E-state index in [9.17, 15) is 9.36 Å². The Hall–Kier alpha value is -3.25. The van der Waals surface area contributed by atoms with Crippen LogP contribution in [0.4, 0.5) is 11.8 Å². The van der Waals surface area contributed by atoms with E-state index >= 15 is 0 Å². The first-order chi connectivity index (χ1) is 19.5. The first kappa shape index (κ1) is 29.2. The van der Waals surface area contributed by atoms with Crippen molar-refractivity contribution in [1.82, 2.24) is 24.6 Å². The maximum Gasteiger partial charge on any atom is 0.459 e. The summed E-state index contributed by atoms with van der Waals surface area (Å²) in [6, 6.07) is 8.13. The van der Waals surface area contributed by atoms with Crippen LogP contribution in [-0.4, -0.2) is 63.4 Å². The van der Waals surface area contributed by atoms with Gasteiger partial charge < -0.3 is 24.6 Å². The summed E-state index contributed by atoms with van der Waals surface area (Å²) >= 11 is 0. The molecule has 1 saturated heterocycles. The maximum atomic E-state index is 13.8. The number of ether oxygens (including phenoxy) is 2. The molecule has 5 rings (SSSR count). The fourth-order valence-corrected chi connectivity index (χ4v) is 6.39. The number of imidazole rings is 1. The SMILES string of the molecule is CC(C)OC(=O)[C@@H](C)N[P@](=O)(OC[C@@H]1C[C@H](C)[C@H](n2cnc3c(N(C)C4CC4)nc(N)nc32)O1)Oc1ccccc1. The molecule has 0 radical (unpaired) electrons. The zero-order valence-electron chi connectivity index (χ0n) is 24.0. The number of nitrogens with two attached hydrogens (primary N) is 1. The highest BCUT2D eigenvalue weighted by Crippen LogP contribution is 2.46. The number of rotatable bonds is 12. The minimum absolute atomic E-state index is 0.0384. The monoisotopic (exact) mass is 587 g/mol. The third-order valence-corrected chi connectivity index (χ3v) is 8.68. The van der Waals surface area contributed by atoms with Crippen LogP contribution in [0.5, 0.6) is 5.75 Å². The molecular formula is C27H38N7O6P. The van der Waals surface area contributed by atoms with E-state index in [1.165, 1.54) is 0 Å². The van der Waals surface area contributed by atoms with Crippen molar-refractivity contribution in [2.45, 2.75) is 77.5 Å². The smallest absolute Gasteiger partial charge is 0.459 e. The molecule has 2 fully saturated rings. The number of para-hydroxylation sites is 1. The van der Waals surface area contributed by atoms with Crippen LogP contribution in [0.1, 0.15) is 53.2 Å². The highest BCUT2D eigenvalue weighted by molar-refractivity contribution is 7.52. The van der Waals surface area contributed by atoms with E-state index in [1.807, 2.05) is 17.7 Å². The highest BCUT2D eigenvalue weighted by Gasteiger charge is 2.39. The fourth-order valence-electron chi connectivity index (χ4n) is 4.87. The predicted octanol–water partition coefficient (Wildman–Crippen LogP) is 4.06. The second-order valence-corrected chi connectivity index (χ2v) is 12.7. The standard InChI is InChI=1S/C27H38N7O6P/c1-16(2)38-26(35)18(4)32-41(36,40-20-9-7-6-8-10-20)37-14-21-13-17(3)25(39-21)34-15-29-22-23(33(5)19-11-12-19)30-27(28)31-24(22)34/h6-10,15-19,21,25H,11-14H2,1-5H3,(H,32,36)(H2,28,30,31)/t17-,18+,21-,25+,41-/m0/s1. The summed E-state index contributed by atoms with van der Waals surface area (Å²) in [6.45, 7) is 7.05. The van der Waals surface area contributed by atoms with E-state index in [0.717, 1.165) is 12.8 Å². The van der Waals surface area contributed by atoms with Crippen molar-refractivity contribution < 1.29 is 27.9 Å². The molecule has 14 heteroatoms. The van der Waals surface area contributed by atoms with Crippen molar-refractivity contribution in [1.29, 1.82) is 0 Å². The first-order valence-electron chi connectivity index (χ1n) is 13.9.